The summed E-state index contributed by atoms with van der Waals surface area (Å²) in [5.74, 6) is -1.74. The number of unbranched alkanes of at least 4 members (excludes halogenated alkanes) is 1. The number of carboxylic acid groups (broad SMARTS) is 2. The fraction of sp³-hybridized carbons (Fsp3) is 0.667. The predicted octanol–water partition coefficient (Wildman–Crippen LogP) is -0.736. The van der Waals surface area contributed by atoms with Crippen LogP contribution >= 0.6 is 0 Å². The van der Waals surface area contributed by atoms with Gasteiger partial charge in [-0.25, -0.2) is 0 Å². The highest BCUT2D eigenvalue weighted by Crippen LogP contribution is 1.98. The summed E-state index contributed by atoms with van der Waals surface area (Å²) in [6, 6.07) is 0. The average Bonchev–Trinajstić information content (AvgIpc) is 1.79. The Hall–Kier alpha value is -0.843. The second-order valence-electron chi connectivity index (χ2n) is 1.99. The van der Waals surface area contributed by atoms with E-state index in [4.69, 9.17) is 10.2 Å². The molecule has 0 amide bonds. The fourth-order valence-electron chi connectivity index (χ4n) is 0.552. The molecule has 0 aliphatic heterocycles. The first-order chi connectivity index (χ1) is 4.63. The van der Waals surface area contributed by atoms with Crippen LogP contribution in [0.3, 0.4) is 0 Å². The summed E-state index contributed by atoms with van der Waals surface area (Å²) in [5.41, 5.74) is 0. The topological polar surface area (TPSA) is 74.6 Å². The molecule has 0 atom stereocenters. The van der Waals surface area contributed by atoms with Crippen LogP contribution in [0.4, 0.5) is 0 Å². The molecule has 2 N–H and O–H groups in total. The minimum Gasteiger partial charge on any atom is -0.481 e. The summed E-state index contributed by atoms with van der Waals surface area (Å²) in [6.07, 6.45) is 1.02. The highest BCUT2D eigenvalue weighted by Gasteiger charge is 1.99. The van der Waals surface area contributed by atoms with Crippen molar-refractivity contribution in [1.29, 1.82) is 0 Å². The molecule has 4 nitrogen and oxygen atoms in total. The van der Waals surface area contributed by atoms with Gasteiger partial charge in [-0.15, -0.1) is 0 Å². The van der Waals surface area contributed by atoms with E-state index >= 15 is 0 Å². The van der Waals surface area contributed by atoms with Crippen molar-refractivity contribution >= 4 is 22.9 Å². The van der Waals surface area contributed by atoms with E-state index in [1.807, 2.05) is 0 Å². The maximum atomic E-state index is 9.90. The third-order valence-corrected chi connectivity index (χ3v) is 1.03. The fourth-order valence-corrected chi connectivity index (χ4v) is 0.552. The Morgan fingerprint density at radius 2 is 1.18 bits per heavy atom. The van der Waals surface area contributed by atoms with Crippen molar-refractivity contribution in [3.8, 4) is 0 Å². The highest BCUT2D eigenvalue weighted by molar-refractivity contribution is 5.75. The number of rotatable bonds is 5. The Labute approximate surface area is 69.2 Å². The molecule has 0 aromatic carbocycles. The summed E-state index contributed by atoms with van der Waals surface area (Å²) in [6.45, 7) is 0. The van der Waals surface area contributed by atoms with Gasteiger partial charge in [0.25, 0.3) is 0 Å². The Morgan fingerprint density at radius 3 is 1.36 bits per heavy atom. The molecule has 11 heavy (non-hydrogen) atoms. The van der Waals surface area contributed by atoms with E-state index in [1.165, 1.54) is 0 Å². The van der Waals surface area contributed by atoms with Crippen molar-refractivity contribution in [3.63, 3.8) is 0 Å². The molecule has 0 unspecified atom stereocenters. The van der Waals surface area contributed by atoms with Gasteiger partial charge in [-0.05, 0) is 23.8 Å². The van der Waals surface area contributed by atoms with E-state index in [0.717, 1.165) is 0 Å². The molecule has 0 fully saturated rings. The van der Waals surface area contributed by atoms with Crippen molar-refractivity contribution in [2.75, 3.05) is 0 Å². The monoisotopic (exact) mass is 178 g/mol. The third-order valence-electron chi connectivity index (χ3n) is 1.03. The van der Waals surface area contributed by atoms with Crippen LogP contribution in [0.2, 0.25) is 0 Å². The summed E-state index contributed by atoms with van der Waals surface area (Å²) in [4.78, 5) is 19.8. The van der Waals surface area contributed by atoms with Crippen molar-refractivity contribution in [2.45, 2.75) is 25.7 Å². The minimum absolute atomic E-state index is 0. The summed E-state index contributed by atoms with van der Waals surface area (Å²) in [5, 5.41) is 16.3. The molecule has 0 spiro atoms. The van der Waals surface area contributed by atoms with Crippen LogP contribution in [0, 0.1) is 0 Å². The molecule has 5 heteroatoms. The number of aliphatic carboxylic acids is 2. The van der Waals surface area contributed by atoms with E-state index in [0.29, 0.717) is 12.8 Å². The third kappa shape index (κ3) is 12.4. The molecule has 0 aromatic rings. The van der Waals surface area contributed by atoms with E-state index < -0.39 is 11.9 Å². The number of carboxylic acids is 2. The molecule has 0 radical (unpaired) electrons. The van der Waals surface area contributed by atoms with Gasteiger partial charge in [0.2, 0.25) is 0 Å². The van der Waals surface area contributed by atoms with E-state index in [1.54, 1.807) is 0 Å². The van der Waals surface area contributed by atoms with E-state index in [2.05, 4.69) is 0 Å². The van der Waals surface area contributed by atoms with Crippen LogP contribution in [-0.2, 0) is 9.59 Å². The van der Waals surface area contributed by atoms with Crippen LogP contribution in [-0.4, -0.2) is 33.1 Å². The lowest BCUT2D eigenvalue weighted by molar-refractivity contribution is -0.139. The van der Waals surface area contributed by atoms with Crippen LogP contribution in [0.25, 0.3) is 0 Å². The normalized spacial score (nSPS) is 8.36. The first kappa shape index (κ1) is 12.8. The van der Waals surface area contributed by atoms with Gasteiger partial charge in [0, 0.05) is 12.8 Å². The minimum atomic E-state index is -0.870. The van der Waals surface area contributed by atoms with Crippen LogP contribution in [0.5, 0.6) is 0 Å². The number of hydrogen-bond acceptors (Lipinski definition) is 2. The standard InChI is InChI=1S/C6H10O4.H4Si/c7-5(8)3-1-2-4-6(9)10;/h1-4H2,(H,7,8)(H,9,10);1H4. The quantitative estimate of drug-likeness (QED) is 0.430. The molecule has 0 aliphatic carbocycles. The molecular formula is C6H14O4Si. The Balaban J connectivity index is 0. The van der Waals surface area contributed by atoms with Crippen LogP contribution < -0.4 is 0 Å². The Bertz CT molecular complexity index is 119. The smallest absolute Gasteiger partial charge is 0.303 e. The summed E-state index contributed by atoms with van der Waals surface area (Å²) < 4.78 is 0. The first-order valence-electron chi connectivity index (χ1n) is 3.06. The second-order valence-corrected chi connectivity index (χ2v) is 1.99. The molecule has 0 aromatic heterocycles. The zero-order valence-corrected chi connectivity index (χ0v) is 5.54. The predicted molar refractivity (Wildman–Crippen MR) is 45.1 cm³/mol. The number of hydrogen-bond donors (Lipinski definition) is 2. The van der Waals surface area contributed by atoms with Gasteiger partial charge in [0.05, 0.1) is 0 Å². The molecule has 0 saturated carbocycles. The maximum absolute atomic E-state index is 9.90. The molecule has 0 saturated heterocycles. The molecule has 66 valence electrons. The average molecular weight is 178 g/mol. The largest absolute Gasteiger partial charge is 0.481 e. The number of carbonyl (C=O) groups is 2. The van der Waals surface area contributed by atoms with Crippen molar-refractivity contribution in [1.82, 2.24) is 0 Å². The lowest BCUT2D eigenvalue weighted by Crippen LogP contribution is -1.97. The molecule has 0 bridgehead atoms. The van der Waals surface area contributed by atoms with Crippen LogP contribution in [0.15, 0.2) is 0 Å². The highest BCUT2D eigenvalue weighted by atomic mass is 28.1. The second kappa shape index (κ2) is 7.27. The van der Waals surface area contributed by atoms with Gasteiger partial charge >= 0.3 is 11.9 Å². The van der Waals surface area contributed by atoms with Gasteiger partial charge < -0.3 is 10.2 Å². The van der Waals surface area contributed by atoms with Gasteiger partial charge in [-0.2, -0.15) is 0 Å². The van der Waals surface area contributed by atoms with Crippen LogP contribution in [0.1, 0.15) is 25.7 Å². The van der Waals surface area contributed by atoms with Gasteiger partial charge in [0.15, 0.2) is 0 Å². The zero-order valence-electron chi connectivity index (χ0n) is 5.54. The SMILES string of the molecule is O=C(O)CCCCC(=O)O.[SiH4]. The Morgan fingerprint density at radius 1 is 0.909 bits per heavy atom. The maximum Gasteiger partial charge on any atom is 0.303 e. The molecular weight excluding hydrogens is 164 g/mol. The first-order valence-corrected chi connectivity index (χ1v) is 3.06. The van der Waals surface area contributed by atoms with Gasteiger partial charge in [0.1, 0.15) is 0 Å². The van der Waals surface area contributed by atoms with Crippen molar-refractivity contribution in [3.05, 3.63) is 0 Å². The van der Waals surface area contributed by atoms with Gasteiger partial charge in [-0.3, -0.25) is 9.59 Å². The van der Waals surface area contributed by atoms with Crippen molar-refractivity contribution < 1.29 is 19.8 Å². The lowest BCUT2D eigenvalue weighted by atomic mass is 10.2. The molecule has 0 heterocycles. The molecule has 0 rings (SSSR count). The van der Waals surface area contributed by atoms with Crippen molar-refractivity contribution in [2.24, 2.45) is 0 Å². The van der Waals surface area contributed by atoms with E-state index in [-0.39, 0.29) is 23.8 Å². The molecule has 0 aliphatic rings. The van der Waals surface area contributed by atoms with Gasteiger partial charge in [-0.1, -0.05) is 0 Å². The van der Waals surface area contributed by atoms with E-state index in [9.17, 15) is 9.59 Å². The zero-order chi connectivity index (χ0) is 7.98. The lowest BCUT2D eigenvalue weighted by Gasteiger charge is -1.92. The Kier molecular flexibility index (Phi) is 8.46. The summed E-state index contributed by atoms with van der Waals surface area (Å²) in [7, 11) is 0. The summed E-state index contributed by atoms with van der Waals surface area (Å²) >= 11 is 0.